The maximum Gasteiger partial charge on any atom is 0.446 e. The lowest BCUT2D eigenvalue weighted by atomic mass is 10.1. The van der Waals surface area contributed by atoms with Crippen LogP contribution in [0, 0.1) is 6.92 Å². The van der Waals surface area contributed by atoms with Crippen molar-refractivity contribution < 1.29 is 37.3 Å². The third kappa shape index (κ3) is 7.20. The first kappa shape index (κ1) is 27.3. The number of carboxylic acids is 1. The Morgan fingerprint density at radius 2 is 1.76 bits per heavy atom. The highest BCUT2D eigenvalue weighted by Crippen LogP contribution is 2.41. The van der Waals surface area contributed by atoms with Crippen LogP contribution in [-0.2, 0) is 11.4 Å². The minimum atomic E-state index is -4.36. The van der Waals surface area contributed by atoms with Gasteiger partial charge in [0.15, 0.2) is 6.61 Å². The minimum Gasteiger partial charge on any atom is -0.497 e. The lowest BCUT2D eigenvalue weighted by molar-refractivity contribution is -0.139. The predicted molar refractivity (Wildman–Crippen MR) is 140 cm³/mol. The van der Waals surface area contributed by atoms with E-state index in [1.54, 1.807) is 44.4 Å². The van der Waals surface area contributed by atoms with Crippen LogP contribution < -0.4 is 14.2 Å². The zero-order chi connectivity index (χ0) is 27.3. The van der Waals surface area contributed by atoms with Crippen molar-refractivity contribution in [2.75, 3.05) is 13.7 Å². The van der Waals surface area contributed by atoms with Crippen molar-refractivity contribution >= 4 is 29.1 Å². The second-order valence-electron chi connectivity index (χ2n) is 7.99. The molecule has 0 saturated carbocycles. The quantitative estimate of drug-likeness (QED) is 0.202. The summed E-state index contributed by atoms with van der Waals surface area (Å²) >= 11 is 1.22. The first-order valence-electron chi connectivity index (χ1n) is 11.2. The highest BCUT2D eigenvalue weighted by atomic mass is 32.2. The summed E-state index contributed by atoms with van der Waals surface area (Å²) in [5.74, 6) is 0.587. The molecule has 0 atom stereocenters. The molecule has 198 valence electrons. The van der Waals surface area contributed by atoms with Gasteiger partial charge in [-0.15, -0.1) is 11.3 Å². The molecular weight excluding hydrogens is 539 g/mol. The third-order valence-electron chi connectivity index (χ3n) is 5.22. The van der Waals surface area contributed by atoms with Gasteiger partial charge >= 0.3 is 11.5 Å². The van der Waals surface area contributed by atoms with E-state index < -0.39 is 18.1 Å². The van der Waals surface area contributed by atoms with Crippen molar-refractivity contribution in [3.63, 3.8) is 0 Å². The summed E-state index contributed by atoms with van der Waals surface area (Å²) in [5, 5.41) is 9.46. The number of ether oxygens (including phenoxy) is 3. The summed E-state index contributed by atoms with van der Waals surface area (Å²) in [6, 6.07) is 18.6. The lowest BCUT2D eigenvalue weighted by Gasteiger charge is -2.09. The van der Waals surface area contributed by atoms with E-state index in [1.165, 1.54) is 23.5 Å². The molecule has 0 aliphatic carbocycles. The van der Waals surface area contributed by atoms with E-state index in [4.69, 9.17) is 24.3 Å². The Bertz CT molecular complexity index is 1420. The number of hydrogen-bond acceptors (Lipinski definition) is 7. The largest absolute Gasteiger partial charge is 0.497 e. The molecule has 0 amide bonds. The molecule has 1 aromatic heterocycles. The first-order chi connectivity index (χ1) is 18.1. The van der Waals surface area contributed by atoms with Gasteiger partial charge in [-0.2, -0.15) is 13.2 Å². The Hall–Kier alpha value is -3.70. The van der Waals surface area contributed by atoms with Crippen LogP contribution in [0.4, 0.5) is 13.2 Å². The average Bonchev–Trinajstić information content (AvgIpc) is 3.31. The SMILES string of the molecule is COc1cccc(-c2nc(COc3ccc(OCC(=O)O)c(C)c3)sc2-c2ccc(SC(F)(F)F)cc2)c1. The van der Waals surface area contributed by atoms with Crippen LogP contribution in [0.3, 0.4) is 0 Å². The second kappa shape index (κ2) is 11.8. The Morgan fingerprint density at radius 3 is 2.42 bits per heavy atom. The summed E-state index contributed by atoms with van der Waals surface area (Å²) in [7, 11) is 1.57. The third-order valence-corrected chi connectivity index (χ3v) is 7.04. The highest BCUT2D eigenvalue weighted by Gasteiger charge is 2.29. The molecule has 1 N–H and O–H groups in total. The van der Waals surface area contributed by atoms with E-state index in [2.05, 4.69) is 0 Å². The molecule has 11 heteroatoms. The lowest BCUT2D eigenvalue weighted by Crippen LogP contribution is -2.10. The van der Waals surface area contributed by atoms with E-state index >= 15 is 0 Å². The fraction of sp³-hybridized carbons (Fsp3) is 0.185. The van der Waals surface area contributed by atoms with Gasteiger partial charge in [-0.3, -0.25) is 0 Å². The number of nitrogens with zero attached hydrogens (tertiary/aromatic N) is 1. The molecule has 0 fully saturated rings. The smallest absolute Gasteiger partial charge is 0.446 e. The van der Waals surface area contributed by atoms with Crippen molar-refractivity contribution in [1.29, 1.82) is 0 Å². The molecule has 4 rings (SSSR count). The fourth-order valence-corrected chi connectivity index (χ4v) is 5.10. The van der Waals surface area contributed by atoms with Crippen LogP contribution in [0.1, 0.15) is 10.6 Å². The number of carboxylic acid groups (broad SMARTS) is 1. The molecule has 4 aromatic rings. The van der Waals surface area contributed by atoms with E-state index in [0.29, 0.717) is 28.0 Å². The van der Waals surface area contributed by atoms with E-state index in [-0.39, 0.29) is 23.3 Å². The Labute approximate surface area is 225 Å². The molecule has 6 nitrogen and oxygen atoms in total. The van der Waals surface area contributed by atoms with Crippen molar-refractivity contribution in [2.24, 2.45) is 0 Å². The van der Waals surface area contributed by atoms with Gasteiger partial charge in [-0.05, 0) is 72.3 Å². The number of hydrogen-bond donors (Lipinski definition) is 1. The number of thiazole rings is 1. The monoisotopic (exact) mass is 561 g/mol. The van der Waals surface area contributed by atoms with Gasteiger partial charge in [0.25, 0.3) is 0 Å². The van der Waals surface area contributed by atoms with Crippen molar-refractivity contribution in [3.05, 3.63) is 77.3 Å². The van der Waals surface area contributed by atoms with Gasteiger partial charge in [0, 0.05) is 10.5 Å². The molecule has 0 spiro atoms. The van der Waals surface area contributed by atoms with Crippen LogP contribution in [0.2, 0.25) is 0 Å². The van der Waals surface area contributed by atoms with Gasteiger partial charge in [0.2, 0.25) is 0 Å². The van der Waals surface area contributed by atoms with Gasteiger partial charge in [0.1, 0.15) is 28.9 Å². The Kier molecular flexibility index (Phi) is 8.48. The molecule has 3 aromatic carbocycles. The number of methoxy groups -OCH3 is 1. The Morgan fingerprint density at radius 1 is 1.00 bits per heavy atom. The average molecular weight is 562 g/mol. The standard InChI is InChI=1S/C27H22F3NO5S2/c1-16-12-20(8-11-22(16)36-15-24(32)33)35-14-23-31-25(18-4-3-5-19(13-18)34-2)26(37-23)17-6-9-21(10-7-17)38-27(28,29)30/h3-13H,14-15H2,1-2H3,(H,32,33). The molecular formula is C27H22F3NO5S2. The molecule has 0 aliphatic rings. The number of alkyl halides is 3. The maximum absolute atomic E-state index is 12.8. The number of aromatic nitrogens is 1. The molecule has 38 heavy (non-hydrogen) atoms. The van der Waals surface area contributed by atoms with Crippen LogP contribution in [0.25, 0.3) is 21.7 Å². The zero-order valence-electron chi connectivity index (χ0n) is 20.2. The van der Waals surface area contributed by atoms with Crippen molar-refractivity contribution in [1.82, 2.24) is 4.98 Å². The van der Waals surface area contributed by atoms with Crippen molar-refractivity contribution in [3.8, 4) is 38.9 Å². The second-order valence-corrected chi connectivity index (χ2v) is 10.2. The van der Waals surface area contributed by atoms with Gasteiger partial charge < -0.3 is 19.3 Å². The first-order valence-corrected chi connectivity index (χ1v) is 12.8. The van der Waals surface area contributed by atoms with Gasteiger partial charge in [-0.25, -0.2) is 9.78 Å². The molecule has 0 bridgehead atoms. The number of rotatable bonds is 10. The Balaban J connectivity index is 1.60. The molecule has 1 heterocycles. The van der Waals surface area contributed by atoms with Crippen LogP contribution in [0.15, 0.2) is 71.6 Å². The van der Waals surface area contributed by atoms with Crippen LogP contribution in [-0.4, -0.2) is 35.3 Å². The molecule has 0 unspecified atom stereocenters. The molecule has 0 saturated heterocycles. The summed E-state index contributed by atoms with van der Waals surface area (Å²) in [6.45, 7) is 1.50. The van der Waals surface area contributed by atoms with Crippen LogP contribution in [0.5, 0.6) is 17.2 Å². The van der Waals surface area contributed by atoms with E-state index in [9.17, 15) is 18.0 Å². The summed E-state index contributed by atoms with van der Waals surface area (Å²) < 4.78 is 54.8. The summed E-state index contributed by atoms with van der Waals surface area (Å²) in [6.07, 6.45) is 0. The topological polar surface area (TPSA) is 77.9 Å². The van der Waals surface area contributed by atoms with Crippen LogP contribution >= 0.6 is 23.1 Å². The number of aliphatic carboxylic acids is 1. The molecule has 0 aliphatic heterocycles. The maximum atomic E-state index is 12.8. The zero-order valence-corrected chi connectivity index (χ0v) is 21.9. The van der Waals surface area contributed by atoms with Gasteiger partial charge in [0.05, 0.1) is 17.7 Å². The number of carbonyl (C=O) groups is 1. The predicted octanol–water partition coefficient (Wildman–Crippen LogP) is 7.45. The minimum absolute atomic E-state index is 0.100. The van der Waals surface area contributed by atoms with Crippen molar-refractivity contribution in [2.45, 2.75) is 23.9 Å². The normalized spacial score (nSPS) is 11.3. The summed E-state index contributed by atoms with van der Waals surface area (Å²) in [5.41, 5.74) is -1.45. The number of aryl methyl sites for hydroxylation is 1. The fourth-order valence-electron chi connectivity index (χ4n) is 3.55. The highest BCUT2D eigenvalue weighted by molar-refractivity contribution is 8.00. The molecule has 0 radical (unpaired) electrons. The van der Waals surface area contributed by atoms with E-state index in [0.717, 1.165) is 21.6 Å². The number of thioether (sulfide) groups is 1. The number of benzene rings is 3. The number of halogens is 3. The van der Waals surface area contributed by atoms with Gasteiger partial charge in [-0.1, -0.05) is 24.3 Å². The summed E-state index contributed by atoms with van der Waals surface area (Å²) in [4.78, 5) is 16.4. The van der Waals surface area contributed by atoms with E-state index in [1.807, 2.05) is 24.3 Å².